The van der Waals surface area contributed by atoms with Crippen molar-refractivity contribution in [3.8, 4) is 0 Å². The van der Waals surface area contributed by atoms with Crippen molar-refractivity contribution in [3.05, 3.63) is 0 Å². The van der Waals surface area contributed by atoms with E-state index in [2.05, 4.69) is 19.6 Å². The van der Waals surface area contributed by atoms with E-state index in [1.807, 2.05) is 0 Å². The van der Waals surface area contributed by atoms with Crippen LogP contribution in [0.1, 0.15) is 34.1 Å². The molecule has 0 N–H and O–H groups in total. The SMILES string of the molecule is CC(=O)OOC(C)=O.CCC(=O)OOC(C)=O. The van der Waals surface area contributed by atoms with E-state index in [0.29, 0.717) is 0 Å². The van der Waals surface area contributed by atoms with E-state index in [1.54, 1.807) is 6.92 Å². The van der Waals surface area contributed by atoms with Crippen molar-refractivity contribution in [3.63, 3.8) is 0 Å². The van der Waals surface area contributed by atoms with Crippen molar-refractivity contribution in [1.82, 2.24) is 0 Å². The van der Waals surface area contributed by atoms with E-state index < -0.39 is 23.9 Å². The van der Waals surface area contributed by atoms with Gasteiger partial charge in [0.15, 0.2) is 0 Å². The van der Waals surface area contributed by atoms with E-state index >= 15 is 0 Å². The second-order valence-corrected chi connectivity index (χ2v) is 2.53. The summed E-state index contributed by atoms with van der Waals surface area (Å²) in [4.78, 5) is 55.4. The van der Waals surface area contributed by atoms with Crippen molar-refractivity contribution in [1.29, 1.82) is 0 Å². The Hall–Kier alpha value is -2.12. The van der Waals surface area contributed by atoms with Gasteiger partial charge in [0.1, 0.15) is 0 Å². The number of hydrogen-bond donors (Lipinski definition) is 0. The van der Waals surface area contributed by atoms with Gasteiger partial charge in [-0.2, -0.15) is 0 Å². The Bertz CT molecular complexity index is 269. The Morgan fingerprint density at radius 2 is 1.00 bits per heavy atom. The lowest BCUT2D eigenvalue weighted by molar-refractivity contribution is -0.257. The quantitative estimate of drug-likeness (QED) is 0.487. The van der Waals surface area contributed by atoms with Gasteiger partial charge in [-0.3, -0.25) is 0 Å². The molecule has 0 fully saturated rings. The molecule has 0 aromatic heterocycles. The van der Waals surface area contributed by atoms with Crippen LogP contribution in [0.2, 0.25) is 0 Å². The molecule has 0 radical (unpaired) electrons. The first-order valence-corrected chi connectivity index (χ1v) is 4.53. The highest BCUT2D eigenvalue weighted by Crippen LogP contribution is 1.85. The fourth-order valence-electron chi connectivity index (χ4n) is 0.281. The summed E-state index contributed by atoms with van der Waals surface area (Å²) >= 11 is 0. The summed E-state index contributed by atoms with van der Waals surface area (Å²) in [6, 6.07) is 0. The summed E-state index contributed by atoms with van der Waals surface area (Å²) in [6.45, 7) is 5.04. The molecule has 8 nitrogen and oxygen atoms in total. The van der Waals surface area contributed by atoms with Gasteiger partial charge in [0, 0.05) is 27.2 Å². The zero-order valence-corrected chi connectivity index (χ0v) is 9.97. The maximum absolute atomic E-state index is 10.2. The molecule has 0 unspecified atom stereocenters. The van der Waals surface area contributed by atoms with Crippen LogP contribution in [0.25, 0.3) is 0 Å². The number of rotatable bonds is 1. The summed E-state index contributed by atoms with van der Waals surface area (Å²) in [5.74, 6) is -2.46. The molecule has 0 bridgehead atoms. The summed E-state index contributed by atoms with van der Waals surface area (Å²) in [5, 5.41) is 0. The van der Waals surface area contributed by atoms with Crippen LogP contribution in [0.5, 0.6) is 0 Å². The third-order valence-corrected chi connectivity index (χ3v) is 0.817. The molecule has 0 aliphatic carbocycles. The molecule has 17 heavy (non-hydrogen) atoms. The third-order valence-electron chi connectivity index (χ3n) is 0.817. The van der Waals surface area contributed by atoms with E-state index in [0.717, 1.165) is 20.8 Å². The highest BCUT2D eigenvalue weighted by molar-refractivity contribution is 5.71. The van der Waals surface area contributed by atoms with Gasteiger partial charge in [-0.15, -0.1) is 0 Å². The molecular formula is C9H14O8. The minimum Gasteiger partial charge on any atom is -0.248 e. The van der Waals surface area contributed by atoms with Crippen LogP contribution in [0, 0.1) is 0 Å². The van der Waals surface area contributed by atoms with Gasteiger partial charge >= 0.3 is 23.9 Å². The van der Waals surface area contributed by atoms with E-state index in [4.69, 9.17) is 0 Å². The van der Waals surface area contributed by atoms with Crippen molar-refractivity contribution < 1.29 is 38.7 Å². The summed E-state index contributed by atoms with van der Waals surface area (Å²) in [5.41, 5.74) is 0. The van der Waals surface area contributed by atoms with Crippen LogP contribution in [0.3, 0.4) is 0 Å². The molecule has 0 aliphatic heterocycles. The summed E-state index contributed by atoms with van der Waals surface area (Å²) in [7, 11) is 0. The molecule has 0 saturated heterocycles. The average molecular weight is 250 g/mol. The Kier molecular flexibility index (Phi) is 10.6. The highest BCUT2D eigenvalue weighted by Gasteiger charge is 2.00. The van der Waals surface area contributed by atoms with Gasteiger partial charge in [-0.1, -0.05) is 6.92 Å². The largest absolute Gasteiger partial charge is 0.355 e. The van der Waals surface area contributed by atoms with Crippen LogP contribution in [-0.4, -0.2) is 23.9 Å². The molecule has 0 atom stereocenters. The molecule has 0 aliphatic rings. The first kappa shape index (κ1) is 17.3. The fraction of sp³-hybridized carbons (Fsp3) is 0.556. The van der Waals surface area contributed by atoms with Crippen molar-refractivity contribution in [2.24, 2.45) is 0 Å². The average Bonchev–Trinajstić information content (AvgIpc) is 2.23. The molecule has 0 heterocycles. The van der Waals surface area contributed by atoms with Crippen LogP contribution in [-0.2, 0) is 38.7 Å². The molecule has 0 aromatic rings. The number of hydrogen-bond acceptors (Lipinski definition) is 8. The van der Waals surface area contributed by atoms with E-state index in [-0.39, 0.29) is 6.42 Å². The van der Waals surface area contributed by atoms with Crippen molar-refractivity contribution >= 4 is 23.9 Å². The van der Waals surface area contributed by atoms with Gasteiger partial charge < -0.3 is 0 Å². The Morgan fingerprint density at radius 1 is 0.706 bits per heavy atom. The maximum Gasteiger partial charge on any atom is 0.355 e. The molecule has 0 amide bonds. The van der Waals surface area contributed by atoms with E-state index in [1.165, 1.54) is 0 Å². The first-order valence-electron chi connectivity index (χ1n) is 4.53. The lowest BCUT2D eigenvalue weighted by Crippen LogP contribution is -2.06. The Balaban J connectivity index is 0. The Labute approximate surface area is 97.6 Å². The lowest BCUT2D eigenvalue weighted by Gasteiger charge is -1.95. The molecule has 0 spiro atoms. The zero-order chi connectivity index (χ0) is 13.8. The zero-order valence-electron chi connectivity index (χ0n) is 9.97. The van der Waals surface area contributed by atoms with Crippen LogP contribution < -0.4 is 0 Å². The fourth-order valence-corrected chi connectivity index (χ4v) is 0.281. The third kappa shape index (κ3) is 20.1. The van der Waals surface area contributed by atoms with Gasteiger partial charge in [0.2, 0.25) is 0 Å². The van der Waals surface area contributed by atoms with Gasteiger partial charge in [0.05, 0.1) is 0 Å². The second-order valence-electron chi connectivity index (χ2n) is 2.53. The van der Waals surface area contributed by atoms with Gasteiger partial charge in [0.25, 0.3) is 0 Å². The van der Waals surface area contributed by atoms with Gasteiger partial charge in [-0.05, 0) is 0 Å². The maximum atomic E-state index is 10.2. The van der Waals surface area contributed by atoms with Gasteiger partial charge in [-0.25, -0.2) is 38.7 Å². The summed E-state index contributed by atoms with van der Waals surface area (Å²) < 4.78 is 0. The van der Waals surface area contributed by atoms with E-state index in [9.17, 15) is 19.2 Å². The van der Waals surface area contributed by atoms with Crippen LogP contribution in [0.4, 0.5) is 0 Å². The molecule has 0 saturated carbocycles. The molecular weight excluding hydrogens is 236 g/mol. The Morgan fingerprint density at radius 3 is 1.24 bits per heavy atom. The molecule has 8 heteroatoms. The van der Waals surface area contributed by atoms with Crippen molar-refractivity contribution in [2.45, 2.75) is 34.1 Å². The molecule has 0 rings (SSSR count). The number of carbonyl (C=O) groups is 4. The predicted molar refractivity (Wildman–Crippen MR) is 51.7 cm³/mol. The smallest absolute Gasteiger partial charge is 0.248 e. The van der Waals surface area contributed by atoms with Crippen molar-refractivity contribution in [2.75, 3.05) is 0 Å². The molecule has 98 valence electrons. The van der Waals surface area contributed by atoms with Crippen LogP contribution >= 0.6 is 0 Å². The minimum atomic E-state index is -0.639. The topological polar surface area (TPSA) is 105 Å². The van der Waals surface area contributed by atoms with Crippen LogP contribution in [0.15, 0.2) is 0 Å². The standard InChI is InChI=1S/C5H8O4.C4H6O4/c1-3-5(7)9-8-4(2)6;1-3(5)7-8-4(2)6/h3H2,1-2H3;1-2H3. The second kappa shape index (κ2) is 10.4. The lowest BCUT2D eigenvalue weighted by atomic mass is 10.5. The normalized spacial score (nSPS) is 8.00. The predicted octanol–water partition coefficient (Wildman–Crippen LogP) is 0.445. The molecule has 0 aromatic carbocycles. The first-order chi connectivity index (χ1) is 7.79. The summed E-state index contributed by atoms with van der Waals surface area (Å²) in [6.07, 6.45) is 0.202. The minimum absolute atomic E-state index is 0.202. The highest BCUT2D eigenvalue weighted by atomic mass is 17.2. The number of carbonyl (C=O) groups excluding carboxylic acids is 4. The monoisotopic (exact) mass is 250 g/mol.